The van der Waals surface area contributed by atoms with Crippen LogP contribution >= 0.6 is 27.5 Å². The molecular formula is C15H20BrClN2O. The van der Waals surface area contributed by atoms with Crippen LogP contribution in [-0.2, 0) is 11.2 Å². The first-order chi connectivity index (χ1) is 9.49. The number of carbonyl (C=O) groups excluding carboxylic acids is 1. The standard InChI is InChI=1S/C15H20BrClN2O/c1-10-11(2)19(8-7-18-10)15(20)6-3-12-9-13(17)4-5-14(12)16/h4-5,9-11,18H,3,6-8H2,1-2H3. The molecule has 110 valence electrons. The van der Waals surface area contributed by atoms with Gasteiger partial charge in [0.05, 0.1) is 0 Å². The van der Waals surface area contributed by atoms with E-state index >= 15 is 0 Å². The molecule has 1 aliphatic rings. The van der Waals surface area contributed by atoms with Crippen molar-refractivity contribution >= 4 is 33.4 Å². The summed E-state index contributed by atoms with van der Waals surface area (Å²) in [5.41, 5.74) is 1.08. The minimum Gasteiger partial charge on any atom is -0.337 e. The fourth-order valence-electron chi connectivity index (χ4n) is 2.53. The monoisotopic (exact) mass is 358 g/mol. The molecule has 2 rings (SSSR count). The van der Waals surface area contributed by atoms with Gasteiger partial charge in [-0.2, -0.15) is 0 Å². The first kappa shape index (κ1) is 15.8. The summed E-state index contributed by atoms with van der Waals surface area (Å²) in [6.07, 6.45) is 1.24. The van der Waals surface area contributed by atoms with Crippen LogP contribution in [0, 0.1) is 0 Å². The van der Waals surface area contributed by atoms with E-state index in [1.165, 1.54) is 0 Å². The summed E-state index contributed by atoms with van der Waals surface area (Å²) in [6, 6.07) is 6.29. The fraction of sp³-hybridized carbons (Fsp3) is 0.533. The second-order valence-electron chi connectivity index (χ2n) is 5.31. The molecule has 0 radical (unpaired) electrons. The molecule has 1 aliphatic heterocycles. The molecular weight excluding hydrogens is 340 g/mol. The van der Waals surface area contributed by atoms with Crippen LogP contribution in [0.25, 0.3) is 0 Å². The molecule has 1 heterocycles. The van der Waals surface area contributed by atoms with E-state index in [1.807, 2.05) is 23.1 Å². The second kappa shape index (κ2) is 6.92. The van der Waals surface area contributed by atoms with Crippen LogP contribution in [0.1, 0.15) is 25.8 Å². The molecule has 2 unspecified atom stereocenters. The van der Waals surface area contributed by atoms with E-state index in [2.05, 4.69) is 35.1 Å². The lowest BCUT2D eigenvalue weighted by atomic mass is 10.0. The zero-order valence-corrected chi connectivity index (χ0v) is 14.2. The summed E-state index contributed by atoms with van der Waals surface area (Å²) in [4.78, 5) is 14.4. The quantitative estimate of drug-likeness (QED) is 0.898. The summed E-state index contributed by atoms with van der Waals surface area (Å²) in [7, 11) is 0. The van der Waals surface area contributed by atoms with Crippen LogP contribution in [0.3, 0.4) is 0 Å². The van der Waals surface area contributed by atoms with Crippen molar-refractivity contribution in [3.8, 4) is 0 Å². The van der Waals surface area contributed by atoms with E-state index < -0.39 is 0 Å². The number of benzene rings is 1. The average molecular weight is 360 g/mol. The van der Waals surface area contributed by atoms with Crippen LogP contribution in [0.5, 0.6) is 0 Å². The Hall–Kier alpha value is -0.580. The van der Waals surface area contributed by atoms with Crippen LogP contribution in [0.4, 0.5) is 0 Å². The van der Waals surface area contributed by atoms with Crippen molar-refractivity contribution in [2.45, 2.75) is 38.8 Å². The Morgan fingerprint density at radius 3 is 3.00 bits per heavy atom. The molecule has 2 atom stereocenters. The average Bonchev–Trinajstić information content (AvgIpc) is 2.42. The maximum Gasteiger partial charge on any atom is 0.223 e. The van der Waals surface area contributed by atoms with Gasteiger partial charge in [0.15, 0.2) is 0 Å². The Kier molecular flexibility index (Phi) is 5.47. The second-order valence-corrected chi connectivity index (χ2v) is 6.60. The highest BCUT2D eigenvalue weighted by Gasteiger charge is 2.27. The van der Waals surface area contributed by atoms with Crippen molar-refractivity contribution in [1.29, 1.82) is 0 Å². The van der Waals surface area contributed by atoms with Gasteiger partial charge in [0.2, 0.25) is 5.91 Å². The highest BCUT2D eigenvalue weighted by atomic mass is 79.9. The van der Waals surface area contributed by atoms with Crippen molar-refractivity contribution in [3.05, 3.63) is 33.3 Å². The Bertz CT molecular complexity index is 495. The van der Waals surface area contributed by atoms with Gasteiger partial charge in [-0.25, -0.2) is 0 Å². The lowest BCUT2D eigenvalue weighted by Crippen LogP contribution is -2.57. The number of hydrogen-bond donors (Lipinski definition) is 1. The van der Waals surface area contributed by atoms with Gasteiger partial charge in [-0.3, -0.25) is 4.79 Å². The minimum atomic E-state index is 0.220. The fourth-order valence-corrected chi connectivity index (χ4v) is 3.17. The number of piperazine rings is 1. The molecule has 0 saturated carbocycles. The zero-order chi connectivity index (χ0) is 14.7. The third-order valence-corrected chi connectivity index (χ3v) is 4.98. The van der Waals surface area contributed by atoms with Gasteiger partial charge in [-0.05, 0) is 44.0 Å². The van der Waals surface area contributed by atoms with Gasteiger partial charge in [-0.15, -0.1) is 0 Å². The molecule has 0 bridgehead atoms. The summed E-state index contributed by atoms with van der Waals surface area (Å²) >= 11 is 9.50. The van der Waals surface area contributed by atoms with Crippen LogP contribution < -0.4 is 5.32 Å². The molecule has 1 N–H and O–H groups in total. The van der Waals surface area contributed by atoms with Gasteiger partial charge in [-0.1, -0.05) is 27.5 Å². The van der Waals surface area contributed by atoms with Gasteiger partial charge < -0.3 is 10.2 Å². The Morgan fingerprint density at radius 1 is 1.50 bits per heavy atom. The number of amides is 1. The third kappa shape index (κ3) is 3.74. The van der Waals surface area contributed by atoms with E-state index in [0.29, 0.717) is 23.9 Å². The zero-order valence-electron chi connectivity index (χ0n) is 11.8. The molecule has 0 aliphatic carbocycles. The van der Waals surface area contributed by atoms with Crippen molar-refractivity contribution in [2.24, 2.45) is 0 Å². The van der Waals surface area contributed by atoms with Crippen LogP contribution in [0.15, 0.2) is 22.7 Å². The molecule has 1 amide bonds. The highest BCUT2D eigenvalue weighted by molar-refractivity contribution is 9.10. The van der Waals surface area contributed by atoms with E-state index in [9.17, 15) is 4.79 Å². The highest BCUT2D eigenvalue weighted by Crippen LogP contribution is 2.23. The van der Waals surface area contributed by atoms with E-state index in [1.54, 1.807) is 0 Å². The largest absolute Gasteiger partial charge is 0.337 e. The maximum atomic E-state index is 12.4. The number of nitrogens with one attached hydrogen (secondary N) is 1. The number of hydrogen-bond acceptors (Lipinski definition) is 2. The summed E-state index contributed by atoms with van der Waals surface area (Å²) in [6.45, 7) is 5.89. The molecule has 1 saturated heterocycles. The van der Waals surface area contributed by atoms with E-state index in [0.717, 1.165) is 23.1 Å². The number of aryl methyl sites for hydroxylation is 1. The molecule has 3 nitrogen and oxygen atoms in total. The topological polar surface area (TPSA) is 32.3 Å². The van der Waals surface area contributed by atoms with Crippen LogP contribution in [0.2, 0.25) is 5.02 Å². The van der Waals surface area contributed by atoms with Gasteiger partial charge in [0.25, 0.3) is 0 Å². The molecule has 1 aromatic carbocycles. The number of carbonyl (C=O) groups is 1. The van der Waals surface area contributed by atoms with Crippen molar-refractivity contribution in [1.82, 2.24) is 10.2 Å². The van der Waals surface area contributed by atoms with Gasteiger partial charge in [0.1, 0.15) is 0 Å². The smallest absolute Gasteiger partial charge is 0.223 e. The molecule has 20 heavy (non-hydrogen) atoms. The lowest BCUT2D eigenvalue weighted by molar-refractivity contribution is -0.134. The Labute approximate surface area is 133 Å². The summed E-state index contributed by atoms with van der Waals surface area (Å²) in [5, 5.41) is 4.10. The van der Waals surface area contributed by atoms with Crippen LogP contribution in [-0.4, -0.2) is 36.0 Å². The normalized spacial score (nSPS) is 22.9. The number of rotatable bonds is 3. The third-order valence-electron chi connectivity index (χ3n) is 3.97. The molecule has 0 aromatic heterocycles. The van der Waals surface area contributed by atoms with Gasteiger partial charge in [0, 0.05) is 41.1 Å². The first-order valence-corrected chi connectivity index (χ1v) is 8.13. The van der Waals surface area contributed by atoms with E-state index in [-0.39, 0.29) is 11.9 Å². The number of halogens is 2. The molecule has 0 spiro atoms. The maximum absolute atomic E-state index is 12.4. The van der Waals surface area contributed by atoms with E-state index in [4.69, 9.17) is 11.6 Å². The SMILES string of the molecule is CC1NCCN(C(=O)CCc2cc(Cl)ccc2Br)C1C. The first-order valence-electron chi connectivity index (χ1n) is 6.96. The summed E-state index contributed by atoms with van der Waals surface area (Å²) < 4.78 is 1.01. The number of nitrogens with zero attached hydrogens (tertiary/aromatic N) is 1. The molecule has 5 heteroatoms. The lowest BCUT2D eigenvalue weighted by Gasteiger charge is -2.38. The Balaban J connectivity index is 1.96. The predicted molar refractivity (Wildman–Crippen MR) is 86.1 cm³/mol. The molecule has 1 fully saturated rings. The Morgan fingerprint density at radius 2 is 2.25 bits per heavy atom. The molecule has 1 aromatic rings. The minimum absolute atomic E-state index is 0.220. The van der Waals surface area contributed by atoms with Gasteiger partial charge >= 0.3 is 0 Å². The van der Waals surface area contributed by atoms with Crippen molar-refractivity contribution in [2.75, 3.05) is 13.1 Å². The van der Waals surface area contributed by atoms with Crippen molar-refractivity contribution in [3.63, 3.8) is 0 Å². The predicted octanol–water partition coefficient (Wildman–Crippen LogP) is 3.24. The van der Waals surface area contributed by atoms with Crippen molar-refractivity contribution < 1.29 is 4.79 Å². The summed E-state index contributed by atoms with van der Waals surface area (Å²) in [5.74, 6) is 0.220.